The van der Waals surface area contributed by atoms with Gasteiger partial charge in [-0.25, -0.2) is 17.6 Å². The lowest BCUT2D eigenvalue weighted by Crippen LogP contribution is -2.45. The topological polar surface area (TPSA) is 109 Å². The van der Waals surface area contributed by atoms with Crippen LogP contribution in [-0.2, 0) is 19.1 Å². The van der Waals surface area contributed by atoms with E-state index in [1.165, 1.54) is 36.4 Å². The summed E-state index contributed by atoms with van der Waals surface area (Å²) in [6.07, 6.45) is 6.77. The first-order chi connectivity index (χ1) is 27.9. The zero-order chi connectivity index (χ0) is 41.6. The molecule has 4 atom stereocenters. The van der Waals surface area contributed by atoms with Crippen molar-refractivity contribution in [1.29, 1.82) is 0 Å². The summed E-state index contributed by atoms with van der Waals surface area (Å²) in [5.74, 6) is -4.33. The maximum absolute atomic E-state index is 13.3. The van der Waals surface area contributed by atoms with Crippen molar-refractivity contribution in [3.8, 4) is 0 Å². The summed E-state index contributed by atoms with van der Waals surface area (Å²) >= 11 is 0. The quantitative estimate of drug-likeness (QED) is 0.101. The summed E-state index contributed by atoms with van der Waals surface area (Å²) in [4.78, 5) is 29.0. The van der Waals surface area contributed by atoms with E-state index in [-0.39, 0.29) is 36.1 Å². The normalized spacial score (nSPS) is 18.1. The van der Waals surface area contributed by atoms with Crippen molar-refractivity contribution >= 4 is 35.3 Å². The van der Waals surface area contributed by atoms with Crippen molar-refractivity contribution in [1.82, 2.24) is 10.6 Å². The summed E-state index contributed by atoms with van der Waals surface area (Å²) in [5, 5.41) is 5.79. The van der Waals surface area contributed by atoms with Crippen molar-refractivity contribution in [2.75, 3.05) is 55.7 Å². The first-order valence-electron chi connectivity index (χ1n) is 19.4. The first kappa shape index (κ1) is 43.6. The number of halogens is 4. The van der Waals surface area contributed by atoms with E-state index in [0.717, 1.165) is 79.4 Å². The molecule has 9 nitrogen and oxygen atoms in total. The lowest BCUT2D eigenvalue weighted by Gasteiger charge is -2.34. The minimum Gasteiger partial charge on any atom is -0.375 e. The van der Waals surface area contributed by atoms with E-state index in [0.29, 0.717) is 30.9 Å². The number of carbonyl (C=O) groups is 2. The van der Waals surface area contributed by atoms with Crippen molar-refractivity contribution in [2.24, 2.45) is 5.73 Å². The van der Waals surface area contributed by atoms with Crippen LogP contribution >= 0.6 is 0 Å². The van der Waals surface area contributed by atoms with Crippen molar-refractivity contribution in [2.45, 2.75) is 51.5 Å². The first-order valence-corrected chi connectivity index (χ1v) is 19.4. The molecule has 2 aliphatic heterocycles. The van der Waals surface area contributed by atoms with Crippen LogP contribution in [0.25, 0.3) is 12.2 Å². The van der Waals surface area contributed by atoms with E-state index in [2.05, 4.69) is 39.5 Å². The minimum atomic E-state index is -0.947. The van der Waals surface area contributed by atoms with E-state index in [1.807, 2.05) is 50.2 Å². The molecule has 6 rings (SSSR count). The number of anilines is 2. The zero-order valence-electron chi connectivity index (χ0n) is 33.0. The highest BCUT2D eigenvalue weighted by atomic mass is 19.2. The largest absolute Gasteiger partial charge is 0.375 e. The predicted octanol–water partition coefficient (Wildman–Crippen LogP) is 7.49. The second-order valence-electron chi connectivity index (χ2n) is 14.2. The van der Waals surface area contributed by atoms with Gasteiger partial charge in [0.1, 0.15) is 0 Å². The number of ether oxygens (including phenoxy) is 2. The number of hydrogen-bond donors (Lipinski definition) is 3. The molecule has 2 amide bonds. The number of rotatable bonds is 12. The number of amides is 2. The summed E-state index contributed by atoms with van der Waals surface area (Å²) in [5.41, 5.74) is 10.7. The van der Waals surface area contributed by atoms with Crippen LogP contribution < -0.4 is 26.2 Å². The highest BCUT2D eigenvalue weighted by Crippen LogP contribution is 2.25. The zero-order valence-corrected chi connectivity index (χ0v) is 33.0. The fourth-order valence-corrected chi connectivity index (χ4v) is 6.54. The molecule has 2 unspecified atom stereocenters. The Morgan fingerprint density at radius 1 is 0.690 bits per heavy atom. The van der Waals surface area contributed by atoms with Crippen molar-refractivity contribution in [3.05, 3.63) is 143 Å². The van der Waals surface area contributed by atoms with Crippen LogP contribution in [0.2, 0.25) is 0 Å². The van der Waals surface area contributed by atoms with Crippen molar-refractivity contribution in [3.63, 3.8) is 0 Å². The average Bonchev–Trinajstić information content (AvgIpc) is 3.24. The molecule has 2 fully saturated rings. The molecule has 0 saturated carbocycles. The fraction of sp³-hybridized carbons (Fsp3) is 0.333. The Bertz CT molecular complexity index is 1920. The standard InChI is InChI=1S/C23H26F2N2O2.C22H25F2N3O2/c1-3-20-15-27(11-12-29-20)19-6-4-5-18(14-19)16(2)26-23(28)10-8-17-7-9-21(24)22(25)13-17;1-15(26-22(28)8-6-16-5-7-20(23)21(24)11-16)17-3-2-4-18(12-17)27-9-10-29-19(13-25)14-27/h4-10,13-14,16,20H,3,11-12,15H2,1-2H3,(H,26,28);2-8,11-12,15,19H,9-10,13-14,25H2,1H3,(H,26,28)/b10-8+;8-6+/t16-,20?;15-,19?/m00/s1. The van der Waals surface area contributed by atoms with Gasteiger partial charge in [-0.05, 0) is 103 Å². The molecule has 2 saturated heterocycles. The number of nitrogens with zero attached hydrogens (tertiary/aromatic N) is 2. The monoisotopic (exact) mass is 801 g/mol. The van der Waals surface area contributed by atoms with Crippen molar-refractivity contribution < 1.29 is 36.6 Å². The Balaban J connectivity index is 0.000000221. The maximum atomic E-state index is 13.3. The third-order valence-electron chi connectivity index (χ3n) is 9.93. The molecular formula is C45H51F4N5O4. The molecule has 2 heterocycles. The maximum Gasteiger partial charge on any atom is 0.244 e. The van der Waals surface area contributed by atoms with E-state index in [1.54, 1.807) is 0 Å². The van der Waals surface area contributed by atoms with Gasteiger partial charge in [0, 0.05) is 56.3 Å². The van der Waals surface area contributed by atoms with Crippen LogP contribution in [0.15, 0.2) is 97.1 Å². The second kappa shape index (κ2) is 21.3. The molecule has 0 radical (unpaired) electrons. The average molecular weight is 802 g/mol. The minimum absolute atomic E-state index is 0.0194. The highest BCUT2D eigenvalue weighted by Gasteiger charge is 2.21. The Kier molecular flexibility index (Phi) is 16.0. The van der Waals surface area contributed by atoms with Gasteiger partial charge in [-0.3, -0.25) is 9.59 Å². The molecule has 4 N–H and O–H groups in total. The molecule has 308 valence electrons. The van der Waals surface area contributed by atoms with Gasteiger partial charge < -0.3 is 35.6 Å². The second-order valence-corrected chi connectivity index (χ2v) is 14.2. The molecule has 0 spiro atoms. The number of carbonyl (C=O) groups excluding carboxylic acids is 2. The molecule has 13 heteroatoms. The van der Waals surface area contributed by atoms with Crippen LogP contribution in [0, 0.1) is 23.3 Å². The Morgan fingerprint density at radius 2 is 1.14 bits per heavy atom. The Morgan fingerprint density at radius 3 is 1.57 bits per heavy atom. The summed E-state index contributed by atoms with van der Waals surface area (Å²) in [6.45, 7) is 11.0. The number of nitrogens with two attached hydrogens (primary N) is 1. The molecule has 0 aromatic heterocycles. The molecule has 4 aromatic rings. The third-order valence-corrected chi connectivity index (χ3v) is 9.93. The number of nitrogens with one attached hydrogen (secondary N) is 2. The Hall–Kier alpha value is -5.50. The number of hydrogen-bond acceptors (Lipinski definition) is 7. The fourth-order valence-electron chi connectivity index (χ4n) is 6.54. The lowest BCUT2D eigenvalue weighted by molar-refractivity contribution is -0.117. The third kappa shape index (κ3) is 12.8. The highest BCUT2D eigenvalue weighted by molar-refractivity contribution is 5.92. The summed E-state index contributed by atoms with van der Waals surface area (Å²) in [7, 11) is 0. The summed E-state index contributed by atoms with van der Waals surface area (Å²) < 4.78 is 63.8. The van der Waals surface area contributed by atoms with E-state index < -0.39 is 23.3 Å². The SMILES string of the molecule is CCC1CN(c2cccc([C@H](C)NC(=O)/C=C/c3ccc(F)c(F)c3)c2)CCO1.C[C@H](NC(=O)/C=C/c1ccc(F)c(F)c1)c1cccc(N2CCOC(CN)C2)c1. The molecular weight excluding hydrogens is 751 g/mol. The summed E-state index contributed by atoms with van der Waals surface area (Å²) in [6, 6.07) is 22.7. The van der Waals surface area contributed by atoms with E-state index in [9.17, 15) is 27.2 Å². The Labute approximate surface area is 337 Å². The predicted molar refractivity (Wildman–Crippen MR) is 220 cm³/mol. The van der Waals surface area contributed by atoms with Crippen LogP contribution in [0.4, 0.5) is 28.9 Å². The van der Waals surface area contributed by atoms with E-state index >= 15 is 0 Å². The van der Waals surface area contributed by atoms with Crippen LogP contribution in [0.3, 0.4) is 0 Å². The molecule has 4 aromatic carbocycles. The van der Waals surface area contributed by atoms with Gasteiger partial charge >= 0.3 is 0 Å². The van der Waals surface area contributed by atoms with Gasteiger partial charge in [0.2, 0.25) is 11.8 Å². The van der Waals surface area contributed by atoms with Gasteiger partial charge in [0.05, 0.1) is 37.5 Å². The van der Waals surface area contributed by atoms with Gasteiger partial charge in [-0.15, -0.1) is 0 Å². The molecule has 0 bridgehead atoms. The van der Waals surface area contributed by atoms with Crippen LogP contribution in [-0.4, -0.2) is 70.0 Å². The van der Waals surface area contributed by atoms with Gasteiger partial charge in [-0.1, -0.05) is 43.3 Å². The van der Waals surface area contributed by atoms with Gasteiger partial charge in [-0.2, -0.15) is 0 Å². The number of morpholine rings is 2. The molecule has 58 heavy (non-hydrogen) atoms. The van der Waals surface area contributed by atoms with E-state index in [4.69, 9.17) is 15.2 Å². The van der Waals surface area contributed by atoms with Crippen LogP contribution in [0.5, 0.6) is 0 Å². The van der Waals surface area contributed by atoms with Crippen LogP contribution in [0.1, 0.15) is 61.5 Å². The molecule has 2 aliphatic rings. The number of benzene rings is 4. The molecule has 0 aliphatic carbocycles. The smallest absolute Gasteiger partial charge is 0.244 e. The van der Waals surface area contributed by atoms with Gasteiger partial charge in [0.25, 0.3) is 0 Å². The van der Waals surface area contributed by atoms with Gasteiger partial charge in [0.15, 0.2) is 23.3 Å². The lowest BCUT2D eigenvalue weighted by atomic mass is 10.1.